The van der Waals surface area contributed by atoms with Crippen LogP contribution in [-0.2, 0) is 12.8 Å². The summed E-state index contributed by atoms with van der Waals surface area (Å²) in [7, 11) is 1.64. The molecule has 6 heteroatoms. The van der Waals surface area contributed by atoms with Crippen LogP contribution in [0.3, 0.4) is 0 Å². The summed E-state index contributed by atoms with van der Waals surface area (Å²) in [6.07, 6.45) is 1.39. The number of ether oxygens (including phenoxy) is 1. The van der Waals surface area contributed by atoms with Crippen molar-refractivity contribution in [1.29, 1.82) is 0 Å². The number of fused-ring (bicyclic) bond motifs is 3. The van der Waals surface area contributed by atoms with Gasteiger partial charge in [0, 0.05) is 16.1 Å². The van der Waals surface area contributed by atoms with Crippen molar-refractivity contribution in [2.24, 2.45) is 0 Å². The first-order valence-corrected chi connectivity index (χ1v) is 8.24. The topological polar surface area (TPSA) is 64.3 Å². The summed E-state index contributed by atoms with van der Waals surface area (Å²) in [5.41, 5.74) is 4.57. The summed E-state index contributed by atoms with van der Waals surface area (Å²) in [4.78, 5) is 11.7. The van der Waals surface area contributed by atoms with Crippen LogP contribution in [0.2, 0.25) is 5.02 Å². The van der Waals surface area contributed by atoms with Crippen molar-refractivity contribution in [2.45, 2.75) is 12.8 Å². The third-order valence-electron chi connectivity index (χ3n) is 4.47. The molecule has 1 aliphatic carbocycles. The lowest BCUT2D eigenvalue weighted by molar-refractivity contribution is 0.0688. The lowest BCUT2D eigenvalue weighted by Gasteiger charge is -2.19. The molecule has 0 fully saturated rings. The lowest BCUT2D eigenvalue weighted by Crippen LogP contribution is -2.08. The summed E-state index contributed by atoms with van der Waals surface area (Å²) in [6, 6.07) is 13.0. The minimum atomic E-state index is -1.01. The largest absolute Gasteiger partial charge is 0.497 e. The monoisotopic (exact) mass is 354 g/mol. The molecule has 1 aromatic heterocycles. The number of hydrogen-bond donors (Lipinski definition) is 1. The first-order valence-electron chi connectivity index (χ1n) is 7.87. The van der Waals surface area contributed by atoms with Gasteiger partial charge < -0.3 is 9.84 Å². The third-order valence-corrected chi connectivity index (χ3v) is 4.72. The third kappa shape index (κ3) is 2.57. The van der Waals surface area contributed by atoms with E-state index in [0.717, 1.165) is 40.2 Å². The van der Waals surface area contributed by atoms with Gasteiger partial charge in [-0.2, -0.15) is 5.10 Å². The van der Waals surface area contributed by atoms with Gasteiger partial charge in [-0.15, -0.1) is 0 Å². The molecule has 0 saturated heterocycles. The molecule has 0 atom stereocenters. The minimum absolute atomic E-state index is 0.103. The highest BCUT2D eigenvalue weighted by atomic mass is 35.5. The number of halogens is 1. The van der Waals surface area contributed by atoms with Crippen molar-refractivity contribution in [1.82, 2.24) is 9.78 Å². The first kappa shape index (κ1) is 15.7. The van der Waals surface area contributed by atoms with E-state index in [4.69, 9.17) is 16.3 Å². The smallest absolute Gasteiger partial charge is 0.356 e. The van der Waals surface area contributed by atoms with Crippen LogP contribution in [0.25, 0.3) is 16.9 Å². The van der Waals surface area contributed by atoms with Crippen molar-refractivity contribution in [2.75, 3.05) is 7.11 Å². The standard InChI is InChI=1S/C19H15ClN2O3/c1-25-14-7-9-15-11(10-14)2-8-16-17(19(23)24)21-22(18(15)16)13-5-3-12(20)4-6-13/h3-7,9-10H,2,8H2,1H3,(H,23,24). The van der Waals surface area contributed by atoms with Gasteiger partial charge in [0.25, 0.3) is 0 Å². The maximum Gasteiger partial charge on any atom is 0.356 e. The van der Waals surface area contributed by atoms with Crippen molar-refractivity contribution < 1.29 is 14.6 Å². The Balaban J connectivity index is 1.98. The van der Waals surface area contributed by atoms with Crippen LogP contribution < -0.4 is 4.74 Å². The molecular formula is C19H15ClN2O3. The summed E-state index contributed by atoms with van der Waals surface area (Å²) in [5.74, 6) is -0.223. The van der Waals surface area contributed by atoms with Crippen LogP contribution in [0.1, 0.15) is 21.6 Å². The Bertz CT molecular complexity index is 977. The van der Waals surface area contributed by atoms with E-state index in [1.807, 2.05) is 30.3 Å². The Morgan fingerprint density at radius 1 is 1.20 bits per heavy atom. The van der Waals surface area contributed by atoms with Crippen molar-refractivity contribution in [3.63, 3.8) is 0 Å². The molecule has 1 heterocycles. The molecule has 0 bridgehead atoms. The molecule has 5 nitrogen and oxygen atoms in total. The number of carboxylic acids is 1. The van der Waals surface area contributed by atoms with Gasteiger partial charge in [-0.1, -0.05) is 11.6 Å². The molecule has 3 aromatic rings. The molecule has 2 aromatic carbocycles. The van der Waals surface area contributed by atoms with E-state index in [0.29, 0.717) is 11.4 Å². The van der Waals surface area contributed by atoms with Gasteiger partial charge in [0.1, 0.15) is 5.75 Å². The zero-order valence-electron chi connectivity index (χ0n) is 13.5. The van der Waals surface area contributed by atoms with Gasteiger partial charge in [-0.05, 0) is 60.9 Å². The van der Waals surface area contributed by atoms with Gasteiger partial charge in [-0.3, -0.25) is 0 Å². The molecule has 1 N–H and O–H groups in total. The number of hydrogen-bond acceptors (Lipinski definition) is 3. The first-order chi connectivity index (χ1) is 12.1. The van der Waals surface area contributed by atoms with Gasteiger partial charge in [0.15, 0.2) is 5.69 Å². The van der Waals surface area contributed by atoms with Gasteiger partial charge in [0.05, 0.1) is 18.5 Å². The van der Waals surface area contributed by atoms with Crippen molar-refractivity contribution >= 4 is 17.6 Å². The maximum absolute atomic E-state index is 11.7. The summed E-state index contributed by atoms with van der Waals surface area (Å²) in [6.45, 7) is 0. The summed E-state index contributed by atoms with van der Waals surface area (Å²) < 4.78 is 7.00. The second-order valence-corrected chi connectivity index (χ2v) is 6.33. The fourth-order valence-electron chi connectivity index (χ4n) is 3.30. The molecule has 126 valence electrons. The molecule has 0 aliphatic heterocycles. The fourth-order valence-corrected chi connectivity index (χ4v) is 3.43. The molecular weight excluding hydrogens is 340 g/mol. The van der Waals surface area contributed by atoms with E-state index in [9.17, 15) is 9.90 Å². The molecule has 0 unspecified atom stereocenters. The SMILES string of the molecule is COc1ccc2c(c1)CCc1c(C(=O)O)nn(-c3ccc(Cl)cc3)c1-2. The van der Waals surface area contributed by atoms with Crippen molar-refractivity contribution in [3.8, 4) is 22.7 Å². The van der Waals surface area contributed by atoms with Crippen molar-refractivity contribution in [3.05, 3.63) is 64.3 Å². The van der Waals surface area contributed by atoms with E-state index in [-0.39, 0.29) is 5.69 Å². The average Bonchev–Trinajstić information content (AvgIpc) is 3.02. The Hall–Kier alpha value is -2.79. The number of aromatic nitrogens is 2. The van der Waals surface area contributed by atoms with Crippen LogP contribution in [0.5, 0.6) is 5.75 Å². The Labute approximate surface area is 149 Å². The average molecular weight is 355 g/mol. The summed E-state index contributed by atoms with van der Waals surface area (Å²) in [5, 5.41) is 14.6. The maximum atomic E-state index is 11.7. The van der Waals surface area contributed by atoms with Crippen LogP contribution in [-0.4, -0.2) is 28.0 Å². The van der Waals surface area contributed by atoms with Crippen LogP contribution in [0.15, 0.2) is 42.5 Å². The molecule has 1 aliphatic rings. The quantitative estimate of drug-likeness (QED) is 0.772. The van der Waals surface area contributed by atoms with Crippen LogP contribution in [0.4, 0.5) is 0 Å². The molecule has 25 heavy (non-hydrogen) atoms. The normalized spacial score (nSPS) is 12.4. The Kier molecular flexibility index (Phi) is 3.73. The molecule has 4 rings (SSSR count). The van der Waals surface area contributed by atoms with Gasteiger partial charge >= 0.3 is 5.97 Å². The Morgan fingerprint density at radius 2 is 1.96 bits per heavy atom. The van der Waals surface area contributed by atoms with Gasteiger partial charge in [0.2, 0.25) is 0 Å². The van der Waals surface area contributed by atoms with Gasteiger partial charge in [-0.25, -0.2) is 9.48 Å². The number of carboxylic acid groups (broad SMARTS) is 1. The van der Waals surface area contributed by atoms with E-state index < -0.39 is 5.97 Å². The predicted molar refractivity (Wildman–Crippen MR) is 94.9 cm³/mol. The molecule has 0 saturated carbocycles. The number of aryl methyl sites for hydroxylation is 1. The van der Waals surface area contributed by atoms with Crippen LogP contribution in [0, 0.1) is 0 Å². The minimum Gasteiger partial charge on any atom is -0.497 e. The number of benzene rings is 2. The Morgan fingerprint density at radius 3 is 2.64 bits per heavy atom. The summed E-state index contributed by atoms with van der Waals surface area (Å²) >= 11 is 5.97. The van der Waals surface area contributed by atoms with Crippen LogP contribution >= 0.6 is 11.6 Å². The fraction of sp³-hybridized carbons (Fsp3) is 0.158. The van der Waals surface area contributed by atoms with E-state index in [2.05, 4.69) is 5.10 Å². The number of nitrogens with zero attached hydrogens (tertiary/aromatic N) is 2. The van der Waals surface area contributed by atoms with E-state index in [1.54, 1.807) is 23.9 Å². The van der Waals surface area contributed by atoms with E-state index >= 15 is 0 Å². The molecule has 0 radical (unpaired) electrons. The highest BCUT2D eigenvalue weighted by Crippen LogP contribution is 2.38. The zero-order valence-corrected chi connectivity index (χ0v) is 14.2. The highest BCUT2D eigenvalue weighted by Gasteiger charge is 2.28. The second-order valence-electron chi connectivity index (χ2n) is 5.89. The van der Waals surface area contributed by atoms with E-state index in [1.165, 1.54) is 0 Å². The zero-order chi connectivity index (χ0) is 17.6. The number of carbonyl (C=O) groups is 1. The second kappa shape index (κ2) is 5.93. The number of aromatic carboxylic acids is 1. The number of rotatable bonds is 3. The highest BCUT2D eigenvalue weighted by molar-refractivity contribution is 6.30. The lowest BCUT2D eigenvalue weighted by atomic mass is 9.88. The number of methoxy groups -OCH3 is 1. The molecule has 0 spiro atoms. The predicted octanol–water partition coefficient (Wildman–Crippen LogP) is 4.00. The molecule has 0 amide bonds.